The fourth-order valence-electron chi connectivity index (χ4n) is 9.25. The van der Waals surface area contributed by atoms with E-state index in [1.807, 2.05) is 6.92 Å². The minimum Gasteiger partial charge on any atom is -0.390 e. The van der Waals surface area contributed by atoms with Gasteiger partial charge in [0.2, 0.25) is 0 Å². The Morgan fingerprint density at radius 1 is 1.06 bits per heavy atom. The summed E-state index contributed by atoms with van der Waals surface area (Å²) in [6.07, 6.45) is 9.72. The first-order valence-electron chi connectivity index (χ1n) is 13.5. The predicted octanol–water partition coefficient (Wildman–Crippen LogP) is 6.20. The van der Waals surface area contributed by atoms with E-state index in [0.717, 1.165) is 38.5 Å². The number of aromatic nitrogens is 3. The topological polar surface area (TPSA) is 68.0 Å². The van der Waals surface area contributed by atoms with Crippen LogP contribution in [0.25, 0.3) is 11.0 Å². The molecule has 4 fully saturated rings. The van der Waals surface area contributed by atoms with E-state index in [1.165, 1.54) is 30.1 Å². The van der Waals surface area contributed by atoms with Crippen molar-refractivity contribution in [3.8, 4) is 0 Å². The zero-order valence-corrected chi connectivity index (χ0v) is 21.8. The smallest absolute Gasteiger partial charge is 0.171 e. The van der Waals surface area contributed by atoms with Gasteiger partial charge in [-0.3, -0.25) is 4.79 Å². The Morgan fingerprint density at radius 2 is 1.83 bits per heavy atom. The summed E-state index contributed by atoms with van der Waals surface area (Å²) in [7, 11) is 0. The summed E-state index contributed by atoms with van der Waals surface area (Å²) >= 11 is 5.89. The van der Waals surface area contributed by atoms with Gasteiger partial charge >= 0.3 is 0 Å². The number of benzene rings is 1. The molecule has 8 atom stereocenters. The van der Waals surface area contributed by atoms with E-state index >= 15 is 0 Å². The summed E-state index contributed by atoms with van der Waals surface area (Å²) in [6, 6.07) is 3.12. The minimum absolute atomic E-state index is 0.00798. The van der Waals surface area contributed by atoms with Gasteiger partial charge in [0.05, 0.1) is 10.6 Å². The van der Waals surface area contributed by atoms with E-state index in [0.29, 0.717) is 34.6 Å². The molecule has 2 aromatic rings. The standard InChI is InChI=1S/C28H37ClFN3O2/c1-26(35)12-13-27(2)16(14-26)4-5-17-18-6-7-20(28(18,3)11-10-19(17)27)23(34)15-33-31-22-9-8-21(29)24(30)25(22)32-33/h8-9,16-20,35H,4-7,10-15H2,1-3H3/t16-,17-,18-,19-,20+,26+,27-,28-/m0/s1. The van der Waals surface area contributed by atoms with Gasteiger partial charge in [0, 0.05) is 5.92 Å². The molecule has 6 rings (SSSR count). The van der Waals surface area contributed by atoms with Crippen molar-refractivity contribution in [2.75, 3.05) is 0 Å². The number of Topliss-reactive ketones (excluding diaryl/α,β-unsaturated/α-hetero) is 1. The van der Waals surface area contributed by atoms with Gasteiger partial charge in [-0.1, -0.05) is 25.4 Å². The summed E-state index contributed by atoms with van der Waals surface area (Å²) in [4.78, 5) is 14.9. The molecule has 0 radical (unpaired) electrons. The molecule has 190 valence electrons. The first-order chi connectivity index (χ1) is 16.5. The normalized spacial score (nSPS) is 43.0. The van der Waals surface area contributed by atoms with Crippen LogP contribution in [0.5, 0.6) is 0 Å². The highest BCUT2D eigenvalue weighted by molar-refractivity contribution is 6.31. The van der Waals surface area contributed by atoms with Crippen LogP contribution in [0.1, 0.15) is 78.6 Å². The number of carbonyl (C=O) groups excluding carboxylic acids is 1. The van der Waals surface area contributed by atoms with Crippen molar-refractivity contribution in [2.24, 2.45) is 40.4 Å². The quantitative estimate of drug-likeness (QED) is 0.543. The van der Waals surface area contributed by atoms with Crippen molar-refractivity contribution in [1.82, 2.24) is 15.0 Å². The van der Waals surface area contributed by atoms with E-state index in [9.17, 15) is 14.3 Å². The predicted molar refractivity (Wildman–Crippen MR) is 133 cm³/mol. The van der Waals surface area contributed by atoms with Crippen LogP contribution in [-0.2, 0) is 11.3 Å². The van der Waals surface area contributed by atoms with Gasteiger partial charge in [-0.05, 0) is 111 Å². The molecule has 7 heteroatoms. The fraction of sp³-hybridized carbons (Fsp3) is 0.750. The largest absolute Gasteiger partial charge is 0.390 e. The van der Waals surface area contributed by atoms with Crippen LogP contribution in [-0.4, -0.2) is 31.5 Å². The van der Waals surface area contributed by atoms with E-state index < -0.39 is 11.4 Å². The maximum Gasteiger partial charge on any atom is 0.171 e. The third-order valence-corrected chi connectivity index (χ3v) is 11.4. The molecule has 1 aromatic carbocycles. The van der Waals surface area contributed by atoms with Gasteiger partial charge in [0.1, 0.15) is 17.6 Å². The number of fused-ring (bicyclic) bond motifs is 6. The van der Waals surface area contributed by atoms with Crippen LogP contribution in [0.15, 0.2) is 12.1 Å². The SMILES string of the molecule is C[C@@]1(O)CC[C@@]2(C)[C@@H](CC[C@@H]3[C@@H]2CC[C@]2(C)[C@@H](C(=O)Cn4nc5ccc(Cl)c(F)c5n4)CC[C@@H]32)C1. The lowest BCUT2D eigenvalue weighted by molar-refractivity contribution is -0.151. The van der Waals surface area contributed by atoms with E-state index in [4.69, 9.17) is 11.6 Å². The van der Waals surface area contributed by atoms with E-state index in [1.54, 1.807) is 6.07 Å². The molecule has 1 N–H and O–H groups in total. The van der Waals surface area contributed by atoms with Crippen LogP contribution in [0.2, 0.25) is 5.02 Å². The minimum atomic E-state index is -0.581. The van der Waals surface area contributed by atoms with Crippen molar-refractivity contribution in [2.45, 2.75) is 90.7 Å². The van der Waals surface area contributed by atoms with Crippen molar-refractivity contribution < 1.29 is 14.3 Å². The summed E-state index contributed by atoms with van der Waals surface area (Å²) in [6.45, 7) is 6.96. The van der Waals surface area contributed by atoms with Crippen LogP contribution < -0.4 is 0 Å². The summed E-state index contributed by atoms with van der Waals surface area (Å²) in [5.74, 6) is 2.18. The Labute approximate surface area is 211 Å². The Kier molecular flexibility index (Phi) is 5.44. The molecule has 0 bridgehead atoms. The second-order valence-corrected chi connectivity index (χ2v) is 13.4. The zero-order valence-electron chi connectivity index (χ0n) is 21.1. The number of hydrogen-bond donors (Lipinski definition) is 1. The molecule has 1 heterocycles. The van der Waals surface area contributed by atoms with E-state index in [2.05, 4.69) is 24.0 Å². The number of hydrogen-bond acceptors (Lipinski definition) is 4. The maximum atomic E-state index is 14.3. The van der Waals surface area contributed by atoms with Gasteiger partial charge in [0.15, 0.2) is 11.6 Å². The second-order valence-electron chi connectivity index (χ2n) is 13.0. The molecule has 0 aliphatic heterocycles. The highest BCUT2D eigenvalue weighted by atomic mass is 35.5. The van der Waals surface area contributed by atoms with Gasteiger partial charge in [-0.15, -0.1) is 5.10 Å². The van der Waals surface area contributed by atoms with Gasteiger partial charge in [-0.25, -0.2) is 4.39 Å². The highest BCUT2D eigenvalue weighted by Gasteiger charge is 2.61. The number of nitrogens with zero attached hydrogens (tertiary/aromatic N) is 3. The average molecular weight is 502 g/mol. The van der Waals surface area contributed by atoms with Gasteiger partial charge in [0.25, 0.3) is 0 Å². The van der Waals surface area contributed by atoms with Crippen molar-refractivity contribution in [3.63, 3.8) is 0 Å². The summed E-state index contributed by atoms with van der Waals surface area (Å²) in [5.41, 5.74) is 0.372. The molecular weight excluding hydrogens is 465 g/mol. The number of halogens is 2. The molecule has 0 unspecified atom stereocenters. The monoisotopic (exact) mass is 501 g/mol. The van der Waals surface area contributed by atoms with Crippen molar-refractivity contribution in [3.05, 3.63) is 23.0 Å². The molecule has 4 aliphatic carbocycles. The van der Waals surface area contributed by atoms with Crippen LogP contribution in [0.3, 0.4) is 0 Å². The Bertz CT molecular complexity index is 1180. The lowest BCUT2D eigenvalue weighted by atomic mass is 9.44. The molecule has 1 aromatic heterocycles. The number of carbonyl (C=O) groups is 1. The molecular formula is C28H37ClFN3O2. The van der Waals surface area contributed by atoms with Crippen LogP contribution >= 0.6 is 11.6 Å². The molecule has 0 saturated heterocycles. The Morgan fingerprint density at radius 3 is 2.63 bits per heavy atom. The van der Waals surface area contributed by atoms with Crippen LogP contribution in [0.4, 0.5) is 4.39 Å². The van der Waals surface area contributed by atoms with E-state index in [-0.39, 0.29) is 34.2 Å². The zero-order chi connectivity index (χ0) is 24.8. The molecule has 5 nitrogen and oxygen atoms in total. The lowest BCUT2D eigenvalue weighted by Gasteiger charge is -2.61. The second kappa shape index (κ2) is 7.98. The van der Waals surface area contributed by atoms with Crippen LogP contribution in [0, 0.1) is 46.2 Å². The summed E-state index contributed by atoms with van der Waals surface area (Å²) in [5, 5.41) is 19.3. The number of rotatable bonds is 3. The molecule has 35 heavy (non-hydrogen) atoms. The van der Waals surface area contributed by atoms with Gasteiger partial charge in [-0.2, -0.15) is 9.90 Å². The molecule has 0 amide bonds. The molecule has 4 aliphatic rings. The first kappa shape index (κ1) is 23.8. The first-order valence-corrected chi connectivity index (χ1v) is 13.8. The fourth-order valence-corrected chi connectivity index (χ4v) is 9.40. The molecule has 4 saturated carbocycles. The van der Waals surface area contributed by atoms with Crippen molar-refractivity contribution >= 4 is 28.4 Å². The Balaban J connectivity index is 1.21. The average Bonchev–Trinajstić information content (AvgIpc) is 3.37. The van der Waals surface area contributed by atoms with Gasteiger partial charge < -0.3 is 5.11 Å². The Hall–Kier alpha value is -1.53. The molecule has 0 spiro atoms. The lowest BCUT2D eigenvalue weighted by Crippen LogP contribution is -2.55. The maximum absolute atomic E-state index is 14.3. The summed E-state index contributed by atoms with van der Waals surface area (Å²) < 4.78 is 14.3. The third-order valence-electron chi connectivity index (χ3n) is 11.1. The number of ketones is 1. The van der Waals surface area contributed by atoms with Crippen molar-refractivity contribution in [1.29, 1.82) is 0 Å². The number of aliphatic hydroxyl groups is 1. The third kappa shape index (κ3) is 3.60. The highest BCUT2D eigenvalue weighted by Crippen LogP contribution is 2.68.